The molecule has 1 fully saturated rings. The van der Waals surface area contributed by atoms with Gasteiger partial charge in [0.05, 0.1) is 5.69 Å². The second kappa shape index (κ2) is 7.26. The summed E-state index contributed by atoms with van der Waals surface area (Å²) in [6.07, 6.45) is 9.44. The lowest BCUT2D eigenvalue weighted by molar-refractivity contribution is 0.267. The third-order valence-electron chi connectivity index (χ3n) is 4.96. The van der Waals surface area contributed by atoms with Gasteiger partial charge in [0.25, 0.3) is 0 Å². The molecule has 3 heteroatoms. The average molecular weight is 277 g/mol. The molecule has 1 unspecified atom stereocenters. The van der Waals surface area contributed by atoms with Crippen molar-refractivity contribution in [1.29, 1.82) is 0 Å². The Bertz CT molecular complexity index is 416. The van der Waals surface area contributed by atoms with Crippen LogP contribution in [0.3, 0.4) is 0 Å². The second-order valence-electron chi connectivity index (χ2n) is 6.44. The highest BCUT2D eigenvalue weighted by Gasteiger charge is 2.25. The van der Waals surface area contributed by atoms with E-state index in [-0.39, 0.29) is 0 Å². The van der Waals surface area contributed by atoms with E-state index in [0.717, 1.165) is 18.9 Å². The van der Waals surface area contributed by atoms with Crippen molar-refractivity contribution in [3.8, 4) is 0 Å². The van der Waals surface area contributed by atoms with Crippen molar-refractivity contribution >= 4 is 0 Å². The van der Waals surface area contributed by atoms with Gasteiger partial charge in [-0.2, -0.15) is 5.10 Å². The summed E-state index contributed by atoms with van der Waals surface area (Å²) in [7, 11) is 2.06. The Morgan fingerprint density at radius 3 is 2.50 bits per heavy atom. The molecule has 1 aromatic heterocycles. The van der Waals surface area contributed by atoms with Crippen molar-refractivity contribution in [3.05, 3.63) is 17.0 Å². The number of aryl methyl sites for hydroxylation is 2. The van der Waals surface area contributed by atoms with Crippen LogP contribution < -0.4 is 5.32 Å². The fourth-order valence-corrected chi connectivity index (χ4v) is 3.60. The van der Waals surface area contributed by atoms with Crippen molar-refractivity contribution in [2.24, 2.45) is 13.0 Å². The first-order valence-corrected chi connectivity index (χ1v) is 8.36. The molecule has 0 radical (unpaired) electrons. The molecule has 114 valence electrons. The molecule has 1 N–H and O–H groups in total. The Labute approximate surface area is 124 Å². The van der Waals surface area contributed by atoms with E-state index in [1.807, 2.05) is 4.68 Å². The molecule has 3 nitrogen and oxygen atoms in total. The zero-order chi connectivity index (χ0) is 14.5. The summed E-state index contributed by atoms with van der Waals surface area (Å²) < 4.78 is 2.03. The molecule has 0 aliphatic heterocycles. The van der Waals surface area contributed by atoms with Crippen LogP contribution in [0.5, 0.6) is 0 Å². The monoisotopic (exact) mass is 277 g/mol. The second-order valence-corrected chi connectivity index (χ2v) is 6.44. The number of nitrogens with zero attached hydrogens (tertiary/aromatic N) is 2. The highest BCUT2D eigenvalue weighted by molar-refractivity contribution is 5.25. The van der Waals surface area contributed by atoms with Gasteiger partial charge >= 0.3 is 0 Å². The molecule has 0 saturated heterocycles. The van der Waals surface area contributed by atoms with Gasteiger partial charge < -0.3 is 5.32 Å². The molecule has 1 saturated carbocycles. The molecule has 0 amide bonds. The van der Waals surface area contributed by atoms with E-state index in [9.17, 15) is 0 Å². The number of nitrogens with one attached hydrogen (secondary N) is 1. The molecule has 1 aliphatic rings. The first-order valence-electron chi connectivity index (χ1n) is 8.36. The Morgan fingerprint density at radius 1 is 1.25 bits per heavy atom. The van der Waals surface area contributed by atoms with E-state index < -0.39 is 0 Å². The van der Waals surface area contributed by atoms with Gasteiger partial charge in [-0.25, -0.2) is 0 Å². The minimum Gasteiger partial charge on any atom is -0.313 e. The van der Waals surface area contributed by atoms with Crippen LogP contribution in [-0.2, 0) is 13.5 Å². The molecule has 20 heavy (non-hydrogen) atoms. The summed E-state index contributed by atoms with van der Waals surface area (Å²) >= 11 is 0. The lowest BCUT2D eigenvalue weighted by Crippen LogP contribution is -2.39. The summed E-state index contributed by atoms with van der Waals surface area (Å²) in [6.45, 7) is 7.75. The minimum absolute atomic E-state index is 0.636. The van der Waals surface area contributed by atoms with Gasteiger partial charge in [0.2, 0.25) is 0 Å². The third-order valence-corrected chi connectivity index (χ3v) is 4.96. The molecular formula is C17H31N3. The molecule has 1 atom stereocenters. The lowest BCUT2D eigenvalue weighted by atomic mass is 9.81. The Morgan fingerprint density at radius 2 is 1.95 bits per heavy atom. The predicted molar refractivity (Wildman–Crippen MR) is 85.0 cm³/mol. The Balaban J connectivity index is 2.09. The van der Waals surface area contributed by atoms with Crippen molar-refractivity contribution in [2.75, 3.05) is 6.54 Å². The van der Waals surface area contributed by atoms with Crippen LogP contribution in [0.15, 0.2) is 0 Å². The first-order chi connectivity index (χ1) is 9.63. The summed E-state index contributed by atoms with van der Waals surface area (Å²) in [4.78, 5) is 0. The quantitative estimate of drug-likeness (QED) is 0.862. The van der Waals surface area contributed by atoms with Gasteiger partial charge in [-0.15, -0.1) is 0 Å². The normalized spacial score (nSPS) is 18.4. The molecule has 0 aromatic carbocycles. The minimum atomic E-state index is 0.636. The Kier molecular flexibility index (Phi) is 5.64. The van der Waals surface area contributed by atoms with Crippen molar-refractivity contribution in [1.82, 2.24) is 15.1 Å². The molecular weight excluding hydrogens is 246 g/mol. The van der Waals surface area contributed by atoms with Crippen LogP contribution in [0.1, 0.15) is 62.4 Å². The maximum absolute atomic E-state index is 4.58. The van der Waals surface area contributed by atoms with E-state index in [0.29, 0.717) is 6.04 Å². The molecule has 2 rings (SSSR count). The topological polar surface area (TPSA) is 29.9 Å². The third kappa shape index (κ3) is 3.63. The van der Waals surface area contributed by atoms with Crippen LogP contribution in [0.4, 0.5) is 0 Å². The maximum atomic E-state index is 4.58. The highest BCUT2D eigenvalue weighted by Crippen LogP contribution is 2.29. The molecule has 1 aliphatic carbocycles. The average Bonchev–Trinajstić information content (AvgIpc) is 2.70. The highest BCUT2D eigenvalue weighted by atomic mass is 15.3. The summed E-state index contributed by atoms with van der Waals surface area (Å²) in [5.41, 5.74) is 4.01. The summed E-state index contributed by atoms with van der Waals surface area (Å²) in [5, 5.41) is 8.39. The number of hydrogen-bond acceptors (Lipinski definition) is 2. The van der Waals surface area contributed by atoms with Crippen molar-refractivity contribution in [3.63, 3.8) is 0 Å². The van der Waals surface area contributed by atoms with Crippen molar-refractivity contribution < 1.29 is 0 Å². The van der Waals surface area contributed by atoms with Gasteiger partial charge in [-0.1, -0.05) is 26.2 Å². The van der Waals surface area contributed by atoms with E-state index in [4.69, 9.17) is 0 Å². The van der Waals surface area contributed by atoms with Gasteiger partial charge in [0, 0.05) is 18.8 Å². The first kappa shape index (κ1) is 15.6. The Hall–Kier alpha value is -0.830. The van der Waals surface area contributed by atoms with Gasteiger partial charge in [0.15, 0.2) is 0 Å². The van der Waals surface area contributed by atoms with Crippen LogP contribution in [0.25, 0.3) is 0 Å². The van der Waals surface area contributed by atoms with E-state index in [1.54, 1.807) is 0 Å². The fraction of sp³-hybridized carbons (Fsp3) is 0.824. The smallest absolute Gasteiger partial charge is 0.0628 e. The summed E-state index contributed by atoms with van der Waals surface area (Å²) in [5.74, 6) is 0.856. The lowest BCUT2D eigenvalue weighted by Gasteiger charge is -2.31. The fourth-order valence-electron chi connectivity index (χ4n) is 3.60. The predicted octanol–water partition coefficient (Wildman–Crippen LogP) is 3.53. The maximum Gasteiger partial charge on any atom is 0.0628 e. The molecule has 1 heterocycles. The number of aromatic nitrogens is 2. The van der Waals surface area contributed by atoms with Gasteiger partial charge in [-0.05, 0) is 57.6 Å². The van der Waals surface area contributed by atoms with Gasteiger partial charge in [0.1, 0.15) is 0 Å². The van der Waals surface area contributed by atoms with Crippen LogP contribution in [-0.4, -0.2) is 22.4 Å². The standard InChI is InChI=1S/C17H31N3/c1-5-11-18-17(15-9-7-6-8-10-15)12-16-13(2)19-20(4)14(16)3/h15,17-18H,5-12H2,1-4H3. The van der Waals surface area contributed by atoms with E-state index >= 15 is 0 Å². The zero-order valence-corrected chi connectivity index (χ0v) is 13.7. The van der Waals surface area contributed by atoms with Gasteiger partial charge in [-0.3, -0.25) is 4.68 Å². The van der Waals surface area contributed by atoms with Crippen LogP contribution in [0, 0.1) is 19.8 Å². The van der Waals surface area contributed by atoms with Crippen LogP contribution in [0.2, 0.25) is 0 Å². The van der Waals surface area contributed by atoms with Crippen LogP contribution >= 0.6 is 0 Å². The largest absolute Gasteiger partial charge is 0.313 e. The van der Waals surface area contributed by atoms with Crippen molar-refractivity contribution in [2.45, 2.75) is 71.8 Å². The number of hydrogen-bond donors (Lipinski definition) is 1. The van der Waals surface area contributed by atoms with E-state index in [2.05, 4.69) is 38.2 Å². The SMILES string of the molecule is CCCNC(Cc1c(C)nn(C)c1C)C1CCCCC1. The molecule has 1 aromatic rings. The number of rotatable bonds is 6. The molecule has 0 bridgehead atoms. The zero-order valence-electron chi connectivity index (χ0n) is 13.7. The molecule has 0 spiro atoms. The summed E-state index contributed by atoms with van der Waals surface area (Å²) in [6, 6.07) is 0.636. The van der Waals surface area contributed by atoms with E-state index in [1.165, 1.54) is 55.5 Å².